The van der Waals surface area contributed by atoms with Crippen molar-refractivity contribution in [1.29, 1.82) is 0 Å². The number of aliphatic hydroxyl groups is 1. The van der Waals surface area contributed by atoms with Crippen LogP contribution in [0.4, 0.5) is 0 Å². The van der Waals surface area contributed by atoms with E-state index in [1.54, 1.807) is 18.5 Å². The van der Waals surface area contributed by atoms with Crippen molar-refractivity contribution in [2.45, 2.75) is 25.0 Å². The third-order valence-electron chi connectivity index (χ3n) is 6.97. The predicted octanol–water partition coefficient (Wildman–Crippen LogP) is 5.00. The Kier molecular flexibility index (Phi) is 6.39. The zero-order valence-corrected chi connectivity index (χ0v) is 19.1. The summed E-state index contributed by atoms with van der Waals surface area (Å²) in [7, 11) is 0. The SMILES string of the molecule is Oc1ccc(-c2cncnc2)cc1CN1CCC(C(O)(c2ccccc2)c2ccccc2)CC1. The summed E-state index contributed by atoms with van der Waals surface area (Å²) < 4.78 is 0. The summed E-state index contributed by atoms with van der Waals surface area (Å²) >= 11 is 0. The minimum Gasteiger partial charge on any atom is -0.508 e. The largest absolute Gasteiger partial charge is 0.508 e. The molecule has 0 saturated carbocycles. The Balaban J connectivity index is 1.33. The maximum absolute atomic E-state index is 12.1. The van der Waals surface area contributed by atoms with Crippen LogP contribution in [0.2, 0.25) is 0 Å². The molecular formula is C29H29N3O2. The molecule has 2 heterocycles. The van der Waals surface area contributed by atoms with Crippen LogP contribution < -0.4 is 0 Å². The van der Waals surface area contributed by atoms with Gasteiger partial charge in [0.25, 0.3) is 0 Å². The van der Waals surface area contributed by atoms with Gasteiger partial charge in [0.1, 0.15) is 17.7 Å². The highest BCUT2D eigenvalue weighted by Gasteiger charge is 2.41. The molecule has 34 heavy (non-hydrogen) atoms. The quantitative estimate of drug-likeness (QED) is 0.432. The van der Waals surface area contributed by atoms with Gasteiger partial charge in [-0.25, -0.2) is 9.97 Å². The molecule has 1 aliphatic heterocycles. The van der Waals surface area contributed by atoms with Gasteiger partial charge in [0, 0.05) is 30.1 Å². The zero-order valence-electron chi connectivity index (χ0n) is 19.1. The van der Waals surface area contributed by atoms with E-state index in [1.807, 2.05) is 72.8 Å². The fourth-order valence-corrected chi connectivity index (χ4v) is 5.11. The summed E-state index contributed by atoms with van der Waals surface area (Å²) in [5, 5.41) is 22.6. The molecular weight excluding hydrogens is 422 g/mol. The average Bonchev–Trinajstić information content (AvgIpc) is 2.91. The topological polar surface area (TPSA) is 69.5 Å². The maximum atomic E-state index is 12.1. The predicted molar refractivity (Wildman–Crippen MR) is 133 cm³/mol. The summed E-state index contributed by atoms with van der Waals surface area (Å²) in [5.74, 6) is 0.405. The molecule has 0 bridgehead atoms. The summed E-state index contributed by atoms with van der Waals surface area (Å²) in [6, 6.07) is 25.7. The van der Waals surface area contributed by atoms with Gasteiger partial charge in [0.05, 0.1) is 0 Å². The molecule has 5 heteroatoms. The second-order valence-electron chi connectivity index (χ2n) is 9.02. The lowest BCUT2D eigenvalue weighted by Gasteiger charge is -2.42. The Morgan fingerprint density at radius 3 is 1.97 bits per heavy atom. The van der Waals surface area contributed by atoms with Crippen LogP contribution in [0.15, 0.2) is 97.6 Å². The van der Waals surface area contributed by atoms with E-state index in [-0.39, 0.29) is 5.92 Å². The molecule has 0 spiro atoms. The Bertz CT molecular complexity index is 1170. The first-order valence-corrected chi connectivity index (χ1v) is 11.8. The van der Waals surface area contributed by atoms with Gasteiger partial charge < -0.3 is 10.2 Å². The van der Waals surface area contributed by atoms with Gasteiger partial charge >= 0.3 is 0 Å². The van der Waals surface area contributed by atoms with Crippen molar-refractivity contribution in [3.8, 4) is 16.9 Å². The first-order chi connectivity index (χ1) is 16.6. The van der Waals surface area contributed by atoms with Crippen molar-refractivity contribution < 1.29 is 10.2 Å². The van der Waals surface area contributed by atoms with E-state index in [4.69, 9.17) is 0 Å². The highest BCUT2D eigenvalue weighted by molar-refractivity contribution is 5.63. The minimum absolute atomic E-state index is 0.106. The van der Waals surface area contributed by atoms with E-state index < -0.39 is 5.60 Å². The van der Waals surface area contributed by atoms with Gasteiger partial charge in [0.15, 0.2) is 0 Å². The normalized spacial score (nSPS) is 15.3. The smallest absolute Gasteiger partial charge is 0.120 e. The second kappa shape index (κ2) is 9.75. The Morgan fingerprint density at radius 2 is 1.38 bits per heavy atom. The number of aromatic nitrogens is 2. The first kappa shape index (κ1) is 22.3. The molecule has 5 rings (SSSR count). The Labute approximate surface area is 200 Å². The summed E-state index contributed by atoms with van der Waals surface area (Å²) in [5.41, 5.74) is 3.67. The molecule has 5 nitrogen and oxygen atoms in total. The number of aromatic hydroxyl groups is 1. The van der Waals surface area contributed by atoms with Crippen molar-refractivity contribution in [1.82, 2.24) is 14.9 Å². The van der Waals surface area contributed by atoms with E-state index in [2.05, 4.69) is 14.9 Å². The van der Waals surface area contributed by atoms with Crippen molar-refractivity contribution in [3.63, 3.8) is 0 Å². The molecule has 0 radical (unpaired) electrons. The molecule has 1 saturated heterocycles. The van der Waals surface area contributed by atoms with Gasteiger partial charge in [-0.15, -0.1) is 0 Å². The van der Waals surface area contributed by atoms with E-state index >= 15 is 0 Å². The number of hydrogen-bond donors (Lipinski definition) is 2. The number of likely N-dealkylation sites (tertiary alicyclic amines) is 1. The monoisotopic (exact) mass is 451 g/mol. The Hall–Kier alpha value is -3.54. The van der Waals surface area contributed by atoms with Gasteiger partial charge in [-0.2, -0.15) is 0 Å². The number of rotatable bonds is 6. The number of piperidine rings is 1. The average molecular weight is 452 g/mol. The minimum atomic E-state index is -1.02. The molecule has 172 valence electrons. The summed E-state index contributed by atoms with van der Waals surface area (Å²) in [4.78, 5) is 10.6. The number of phenols is 1. The van der Waals surface area contributed by atoms with Gasteiger partial charge in [-0.05, 0) is 60.7 Å². The maximum Gasteiger partial charge on any atom is 0.120 e. The molecule has 0 amide bonds. The van der Waals surface area contributed by atoms with E-state index in [0.717, 1.165) is 53.7 Å². The standard InChI is InChI=1S/C29H29N3O2/c33-28-12-11-22(24-18-30-21-31-19-24)17-23(28)20-32-15-13-27(14-16-32)29(34,25-7-3-1-4-8-25)26-9-5-2-6-10-26/h1-12,17-19,21,27,33-34H,13-16,20H2. The zero-order chi connectivity index (χ0) is 23.4. The molecule has 1 fully saturated rings. The lowest BCUT2D eigenvalue weighted by Crippen LogP contribution is -2.44. The number of nitrogens with zero attached hydrogens (tertiary/aromatic N) is 3. The van der Waals surface area contributed by atoms with Crippen LogP contribution in [0.25, 0.3) is 11.1 Å². The van der Waals surface area contributed by atoms with Crippen LogP contribution >= 0.6 is 0 Å². The van der Waals surface area contributed by atoms with Crippen LogP contribution in [0.3, 0.4) is 0 Å². The molecule has 1 aliphatic rings. The van der Waals surface area contributed by atoms with Crippen LogP contribution in [0.5, 0.6) is 5.75 Å². The van der Waals surface area contributed by atoms with Crippen LogP contribution in [-0.4, -0.2) is 38.2 Å². The first-order valence-electron chi connectivity index (χ1n) is 11.8. The van der Waals surface area contributed by atoms with Crippen molar-refractivity contribution in [2.24, 2.45) is 5.92 Å². The van der Waals surface area contributed by atoms with Crippen molar-refractivity contribution >= 4 is 0 Å². The van der Waals surface area contributed by atoms with E-state index in [0.29, 0.717) is 12.3 Å². The van der Waals surface area contributed by atoms with E-state index in [9.17, 15) is 10.2 Å². The molecule has 4 aromatic rings. The van der Waals surface area contributed by atoms with Crippen LogP contribution in [0.1, 0.15) is 29.5 Å². The molecule has 0 unspecified atom stereocenters. The fraction of sp³-hybridized carbons (Fsp3) is 0.241. The van der Waals surface area contributed by atoms with E-state index in [1.165, 1.54) is 6.33 Å². The summed E-state index contributed by atoms with van der Waals surface area (Å²) in [6.45, 7) is 2.37. The number of phenolic OH excluding ortho intramolecular Hbond substituents is 1. The molecule has 1 aromatic heterocycles. The molecule has 3 aromatic carbocycles. The summed E-state index contributed by atoms with van der Waals surface area (Å²) in [6.07, 6.45) is 6.81. The van der Waals surface area contributed by atoms with Crippen LogP contribution in [0, 0.1) is 5.92 Å². The van der Waals surface area contributed by atoms with Crippen molar-refractivity contribution in [2.75, 3.05) is 13.1 Å². The number of hydrogen-bond acceptors (Lipinski definition) is 5. The third-order valence-corrected chi connectivity index (χ3v) is 6.97. The van der Waals surface area contributed by atoms with Gasteiger partial charge in [-0.1, -0.05) is 66.7 Å². The lowest BCUT2D eigenvalue weighted by atomic mass is 9.72. The lowest BCUT2D eigenvalue weighted by molar-refractivity contribution is -0.0153. The van der Waals surface area contributed by atoms with Gasteiger partial charge in [-0.3, -0.25) is 4.90 Å². The van der Waals surface area contributed by atoms with Crippen molar-refractivity contribution in [3.05, 3.63) is 114 Å². The second-order valence-corrected chi connectivity index (χ2v) is 9.02. The fourth-order valence-electron chi connectivity index (χ4n) is 5.11. The van der Waals surface area contributed by atoms with Crippen LogP contribution in [-0.2, 0) is 12.1 Å². The van der Waals surface area contributed by atoms with Gasteiger partial charge in [0.2, 0.25) is 0 Å². The third kappa shape index (κ3) is 4.45. The number of benzene rings is 3. The molecule has 0 aliphatic carbocycles. The molecule has 2 N–H and O–H groups in total. The highest BCUT2D eigenvalue weighted by atomic mass is 16.3. The highest BCUT2D eigenvalue weighted by Crippen LogP contribution is 2.42. The Morgan fingerprint density at radius 1 is 0.794 bits per heavy atom. The molecule has 0 atom stereocenters.